The summed E-state index contributed by atoms with van der Waals surface area (Å²) in [4.78, 5) is 0.576. The second kappa shape index (κ2) is 5.07. The molecule has 1 atom stereocenters. The molecule has 0 aromatic heterocycles. The molecule has 0 aliphatic carbocycles. The van der Waals surface area contributed by atoms with Crippen molar-refractivity contribution in [2.24, 2.45) is 0 Å². The molecule has 1 aliphatic heterocycles. The Morgan fingerprint density at radius 2 is 1.95 bits per heavy atom. The maximum absolute atomic E-state index is 12.3. The van der Waals surface area contributed by atoms with E-state index < -0.39 is 15.6 Å². The van der Waals surface area contributed by atoms with Crippen LogP contribution in [-0.4, -0.2) is 26.9 Å². The smallest absolute Gasteiger partial charge is 0.202 e. The summed E-state index contributed by atoms with van der Waals surface area (Å²) in [5, 5.41) is 0. The lowest BCUT2D eigenvalue weighted by molar-refractivity contribution is -0.133. The van der Waals surface area contributed by atoms with E-state index in [4.69, 9.17) is 9.47 Å². The van der Waals surface area contributed by atoms with Gasteiger partial charge in [-0.25, -0.2) is 8.42 Å². The van der Waals surface area contributed by atoms with E-state index in [2.05, 4.69) is 0 Å². The first-order chi connectivity index (χ1) is 8.81. The SMILES string of the molecule is C/C(=C/[C@H]1COC(C)(C)O1)S(=O)(=O)c1ccccc1. The zero-order valence-electron chi connectivity index (χ0n) is 11.3. The Hall–Kier alpha value is -1.17. The third kappa shape index (κ3) is 3.23. The molecule has 19 heavy (non-hydrogen) atoms. The number of rotatable bonds is 3. The summed E-state index contributed by atoms with van der Waals surface area (Å²) < 4.78 is 35.6. The first-order valence-corrected chi connectivity index (χ1v) is 7.60. The lowest BCUT2D eigenvalue weighted by Crippen LogP contribution is -2.21. The van der Waals surface area contributed by atoms with E-state index in [1.807, 2.05) is 13.8 Å². The highest BCUT2D eigenvalue weighted by Crippen LogP contribution is 2.26. The molecule has 0 saturated carbocycles. The third-order valence-electron chi connectivity index (χ3n) is 2.93. The predicted molar refractivity (Wildman–Crippen MR) is 72.3 cm³/mol. The maximum atomic E-state index is 12.3. The van der Waals surface area contributed by atoms with Gasteiger partial charge in [-0.2, -0.15) is 0 Å². The molecular formula is C14H18O4S. The van der Waals surface area contributed by atoms with Gasteiger partial charge in [0.2, 0.25) is 9.84 Å². The van der Waals surface area contributed by atoms with Crippen LogP contribution in [0.15, 0.2) is 46.2 Å². The van der Waals surface area contributed by atoms with Crippen molar-refractivity contribution in [2.45, 2.75) is 37.6 Å². The predicted octanol–water partition coefficient (Wildman–Crippen LogP) is 2.52. The van der Waals surface area contributed by atoms with Crippen molar-refractivity contribution >= 4 is 9.84 Å². The summed E-state index contributed by atoms with van der Waals surface area (Å²) in [6.07, 6.45) is 1.28. The molecule has 0 unspecified atom stereocenters. The molecule has 0 N–H and O–H groups in total. The lowest BCUT2D eigenvalue weighted by Gasteiger charge is -2.16. The van der Waals surface area contributed by atoms with Crippen LogP contribution in [0.4, 0.5) is 0 Å². The van der Waals surface area contributed by atoms with Crippen molar-refractivity contribution < 1.29 is 17.9 Å². The van der Waals surface area contributed by atoms with E-state index in [-0.39, 0.29) is 11.0 Å². The zero-order chi connectivity index (χ0) is 14.1. The molecule has 1 fully saturated rings. The van der Waals surface area contributed by atoms with Crippen molar-refractivity contribution in [3.05, 3.63) is 41.3 Å². The second-order valence-electron chi connectivity index (χ2n) is 4.96. The molecule has 2 rings (SSSR count). The van der Waals surface area contributed by atoms with E-state index in [9.17, 15) is 8.42 Å². The number of allylic oxidation sites excluding steroid dienone is 1. The molecule has 0 radical (unpaired) electrons. The Labute approximate surface area is 114 Å². The highest BCUT2D eigenvalue weighted by molar-refractivity contribution is 7.95. The number of hydrogen-bond acceptors (Lipinski definition) is 4. The highest BCUT2D eigenvalue weighted by atomic mass is 32.2. The van der Waals surface area contributed by atoms with Gasteiger partial charge in [0.05, 0.1) is 11.5 Å². The standard InChI is InChI=1S/C14H18O4S/c1-11(9-12-10-17-14(2,3)18-12)19(15,16)13-7-5-4-6-8-13/h4-9,12H,10H2,1-3H3/b11-9-/t12-/m0/s1. The van der Waals surface area contributed by atoms with Crippen LogP contribution in [0.3, 0.4) is 0 Å². The normalized spacial score (nSPS) is 23.5. The summed E-state index contributed by atoms with van der Waals surface area (Å²) >= 11 is 0. The number of sulfone groups is 1. The third-order valence-corrected chi connectivity index (χ3v) is 4.80. The molecule has 0 spiro atoms. The van der Waals surface area contributed by atoms with Gasteiger partial charge >= 0.3 is 0 Å². The fraction of sp³-hybridized carbons (Fsp3) is 0.429. The fourth-order valence-electron chi connectivity index (χ4n) is 1.93. The Morgan fingerprint density at radius 3 is 2.47 bits per heavy atom. The van der Waals surface area contributed by atoms with Gasteiger partial charge < -0.3 is 9.47 Å². The minimum atomic E-state index is -3.44. The van der Waals surface area contributed by atoms with Crippen molar-refractivity contribution in [2.75, 3.05) is 6.61 Å². The van der Waals surface area contributed by atoms with Gasteiger partial charge in [-0.05, 0) is 39.0 Å². The summed E-state index contributed by atoms with van der Waals surface area (Å²) in [5.41, 5.74) is 0. The zero-order valence-corrected chi connectivity index (χ0v) is 12.1. The van der Waals surface area contributed by atoms with Gasteiger partial charge in [-0.3, -0.25) is 0 Å². The molecule has 1 aromatic carbocycles. The molecular weight excluding hydrogens is 264 g/mol. The van der Waals surface area contributed by atoms with Crippen LogP contribution in [-0.2, 0) is 19.3 Å². The molecule has 1 aliphatic rings. The molecule has 0 amide bonds. The van der Waals surface area contributed by atoms with Gasteiger partial charge in [0, 0.05) is 4.91 Å². The van der Waals surface area contributed by atoms with Gasteiger partial charge in [0.25, 0.3) is 0 Å². The largest absolute Gasteiger partial charge is 0.347 e. The van der Waals surface area contributed by atoms with Gasteiger partial charge in [0.15, 0.2) is 5.79 Å². The van der Waals surface area contributed by atoms with Crippen molar-refractivity contribution in [3.63, 3.8) is 0 Å². The molecule has 4 nitrogen and oxygen atoms in total. The molecule has 5 heteroatoms. The Bertz CT molecular complexity index is 573. The average Bonchev–Trinajstić information content (AvgIpc) is 2.69. The quantitative estimate of drug-likeness (QED) is 0.855. The molecule has 1 aromatic rings. The Morgan fingerprint density at radius 1 is 1.32 bits per heavy atom. The topological polar surface area (TPSA) is 52.6 Å². The number of hydrogen-bond donors (Lipinski definition) is 0. The van der Waals surface area contributed by atoms with Crippen LogP contribution < -0.4 is 0 Å². The number of benzene rings is 1. The van der Waals surface area contributed by atoms with E-state index >= 15 is 0 Å². The monoisotopic (exact) mass is 282 g/mol. The first kappa shape index (κ1) is 14.2. The van der Waals surface area contributed by atoms with E-state index in [1.54, 1.807) is 43.3 Å². The molecule has 0 bridgehead atoms. The number of ether oxygens (including phenoxy) is 2. The minimum Gasteiger partial charge on any atom is -0.347 e. The van der Waals surface area contributed by atoms with Gasteiger partial charge in [-0.1, -0.05) is 18.2 Å². The first-order valence-electron chi connectivity index (χ1n) is 6.12. The second-order valence-corrected chi connectivity index (χ2v) is 7.08. The average molecular weight is 282 g/mol. The summed E-state index contributed by atoms with van der Waals surface area (Å²) in [7, 11) is -3.44. The minimum absolute atomic E-state index is 0.282. The summed E-state index contributed by atoms with van der Waals surface area (Å²) in [5.74, 6) is -0.655. The van der Waals surface area contributed by atoms with E-state index in [0.717, 1.165) is 0 Å². The van der Waals surface area contributed by atoms with Crippen molar-refractivity contribution in [1.82, 2.24) is 0 Å². The van der Waals surface area contributed by atoms with E-state index in [0.29, 0.717) is 11.5 Å². The van der Waals surface area contributed by atoms with Crippen LogP contribution in [0.25, 0.3) is 0 Å². The Balaban J connectivity index is 2.22. The highest BCUT2D eigenvalue weighted by Gasteiger charge is 2.32. The van der Waals surface area contributed by atoms with Crippen LogP contribution in [0, 0.1) is 0 Å². The van der Waals surface area contributed by atoms with Crippen molar-refractivity contribution in [1.29, 1.82) is 0 Å². The summed E-state index contributed by atoms with van der Waals surface area (Å²) in [6, 6.07) is 8.37. The van der Waals surface area contributed by atoms with Gasteiger partial charge in [0.1, 0.15) is 6.10 Å². The maximum Gasteiger partial charge on any atom is 0.202 e. The van der Waals surface area contributed by atoms with Crippen LogP contribution >= 0.6 is 0 Å². The van der Waals surface area contributed by atoms with Crippen LogP contribution in [0.2, 0.25) is 0 Å². The molecule has 1 saturated heterocycles. The van der Waals surface area contributed by atoms with Crippen LogP contribution in [0.5, 0.6) is 0 Å². The van der Waals surface area contributed by atoms with Crippen molar-refractivity contribution in [3.8, 4) is 0 Å². The van der Waals surface area contributed by atoms with Gasteiger partial charge in [-0.15, -0.1) is 0 Å². The van der Waals surface area contributed by atoms with E-state index in [1.165, 1.54) is 0 Å². The molecule has 104 valence electrons. The Kier molecular flexibility index (Phi) is 3.80. The molecule has 1 heterocycles. The lowest BCUT2D eigenvalue weighted by atomic mass is 10.3. The fourth-order valence-corrected chi connectivity index (χ4v) is 3.15. The summed E-state index contributed by atoms with van der Waals surface area (Å²) in [6.45, 7) is 5.56. The van der Waals surface area contributed by atoms with Crippen LogP contribution in [0.1, 0.15) is 20.8 Å².